The number of nitriles is 1. The number of hydroxylamine groups is 8. The molecule has 608 valence electrons. The maximum Gasteiger partial charge on any atom is 0.449 e. The number of tetrazole rings is 2. The lowest BCUT2D eigenvalue weighted by Crippen LogP contribution is -2.33. The molecule has 0 aliphatic rings. The van der Waals surface area contributed by atoms with Crippen LogP contribution in [0.1, 0.15) is 137 Å². The molecule has 6 N–H and O–H groups in total. The van der Waals surface area contributed by atoms with E-state index in [-0.39, 0.29) is 49.9 Å². The summed E-state index contributed by atoms with van der Waals surface area (Å²) in [6.45, 7) is 17.4. The summed E-state index contributed by atoms with van der Waals surface area (Å²) in [5.74, 6) is -5.97. The van der Waals surface area contributed by atoms with Gasteiger partial charge in [-0.2, -0.15) is 81.5 Å². The largest absolute Gasteiger partial charge is 0.449 e. The third-order valence-electron chi connectivity index (χ3n) is 12.8. The number of nitrogens with two attached hydrogens (primary N) is 1. The smallest absolute Gasteiger partial charge is 0.321 e. The van der Waals surface area contributed by atoms with Crippen molar-refractivity contribution >= 4 is 47.3 Å². The molecule has 42 heteroatoms. The minimum Gasteiger partial charge on any atom is -0.321 e. The van der Waals surface area contributed by atoms with Crippen molar-refractivity contribution in [1.29, 1.82) is 5.26 Å². The molecule has 0 spiro atoms. The van der Waals surface area contributed by atoms with E-state index >= 15 is 0 Å². The number of nitrogens with zero attached hydrogens (tertiary/aromatic N) is 11. The van der Waals surface area contributed by atoms with Gasteiger partial charge in [0.25, 0.3) is 17.7 Å². The van der Waals surface area contributed by atoms with Crippen LogP contribution in [-0.2, 0) is 61.2 Å². The van der Waals surface area contributed by atoms with Crippen molar-refractivity contribution < 1.29 is 114 Å². The normalized spacial score (nSPS) is 12.8. The van der Waals surface area contributed by atoms with Gasteiger partial charge in [0.05, 0.1) is 70.4 Å². The van der Waals surface area contributed by atoms with Gasteiger partial charge >= 0.3 is 30.9 Å². The second-order valence-corrected chi connectivity index (χ2v) is 22.7. The zero-order valence-corrected chi connectivity index (χ0v) is 61.9. The van der Waals surface area contributed by atoms with Crippen molar-refractivity contribution in [2.45, 2.75) is 164 Å². The van der Waals surface area contributed by atoms with Crippen LogP contribution in [0.4, 0.5) is 65.9 Å². The Morgan fingerprint density at radius 3 is 1.27 bits per heavy atom. The van der Waals surface area contributed by atoms with Crippen LogP contribution in [0.5, 0.6) is 0 Å². The third-order valence-corrected chi connectivity index (χ3v) is 13.1. The van der Waals surface area contributed by atoms with Gasteiger partial charge in [0, 0.05) is 72.7 Å². The van der Waals surface area contributed by atoms with Gasteiger partial charge in [-0.25, -0.2) is 20.3 Å². The number of carbonyl (C=O) groups excluding carboxylic acids is 6. The fourth-order valence-corrected chi connectivity index (χ4v) is 6.26. The van der Waals surface area contributed by atoms with Crippen LogP contribution in [0.3, 0.4) is 0 Å². The first kappa shape index (κ1) is 109. The van der Waals surface area contributed by atoms with E-state index in [1.807, 2.05) is 54.6 Å². The number of ketones is 1. The number of aldehydes is 1. The van der Waals surface area contributed by atoms with E-state index in [4.69, 9.17) is 22.6 Å². The summed E-state index contributed by atoms with van der Waals surface area (Å²) < 4.78 is 176. The first-order valence-corrected chi connectivity index (χ1v) is 31.4. The highest BCUT2D eigenvalue weighted by molar-refractivity contribution is 6.27. The number of benzene rings is 2. The Morgan fingerprint density at radius 2 is 0.981 bits per heavy atom. The molecule has 2 heterocycles. The average molecular weight is 1570 g/mol. The van der Waals surface area contributed by atoms with Gasteiger partial charge < -0.3 is 15.8 Å². The predicted octanol–water partition coefficient (Wildman–Crippen LogP) is 12.7. The molecule has 2 aromatic heterocycles. The molecule has 4 amide bonds. The van der Waals surface area contributed by atoms with Crippen LogP contribution in [0, 0.1) is 40.9 Å². The van der Waals surface area contributed by atoms with Gasteiger partial charge in [-0.1, -0.05) is 134 Å². The van der Waals surface area contributed by atoms with E-state index in [1.54, 1.807) is 0 Å². The maximum atomic E-state index is 12.4. The van der Waals surface area contributed by atoms with E-state index in [0.29, 0.717) is 42.3 Å². The van der Waals surface area contributed by atoms with Crippen molar-refractivity contribution in [2.75, 3.05) is 62.5 Å². The highest BCUT2D eigenvalue weighted by atomic mass is 35.5. The van der Waals surface area contributed by atoms with E-state index in [2.05, 4.69) is 118 Å². The molecule has 106 heavy (non-hydrogen) atoms. The van der Waals surface area contributed by atoms with E-state index < -0.39 is 90.7 Å². The van der Waals surface area contributed by atoms with Crippen molar-refractivity contribution in [1.82, 2.24) is 72.1 Å². The molecule has 0 fully saturated rings. The number of hydrogen-bond donors (Lipinski definition) is 5. The lowest BCUT2D eigenvalue weighted by Gasteiger charge is -2.19. The van der Waals surface area contributed by atoms with Gasteiger partial charge in [0.2, 0.25) is 11.7 Å². The lowest BCUT2D eigenvalue weighted by molar-refractivity contribution is -0.189. The van der Waals surface area contributed by atoms with Gasteiger partial charge in [-0.15, -0.1) is 32.0 Å². The first-order chi connectivity index (χ1) is 48.3. The van der Waals surface area contributed by atoms with E-state index in [1.165, 1.54) is 68.3 Å². The molecule has 0 bridgehead atoms. The zero-order valence-electron chi connectivity index (χ0n) is 61.1. The van der Waals surface area contributed by atoms with E-state index in [0.717, 1.165) is 73.7 Å². The van der Waals surface area contributed by atoms with Crippen molar-refractivity contribution in [3.63, 3.8) is 0 Å². The molecule has 2 aromatic carbocycles. The summed E-state index contributed by atoms with van der Waals surface area (Å²) in [6.07, 6.45) is -19.3. The van der Waals surface area contributed by atoms with Crippen LogP contribution in [0.15, 0.2) is 85.0 Å². The first-order valence-electron chi connectivity index (χ1n) is 30.9. The average Bonchev–Trinajstić information content (AvgIpc) is 1.40. The molecule has 0 aliphatic heterocycles. The highest BCUT2D eigenvalue weighted by Crippen LogP contribution is 2.31. The Balaban J connectivity index is -0.000000270. The molecule has 0 saturated carbocycles. The molecular formula is C64H100ClF15N16O10. The summed E-state index contributed by atoms with van der Waals surface area (Å²) in [4.78, 5) is 79.4. The zero-order chi connectivity index (χ0) is 82.7. The van der Waals surface area contributed by atoms with Crippen molar-refractivity contribution in [3.8, 4) is 6.07 Å². The molecule has 6 atom stereocenters. The molecule has 6 unspecified atom stereocenters. The number of likely N-dealkylation sites (N-methyl/N-ethyl adjacent to an activating group) is 2. The van der Waals surface area contributed by atoms with Crippen molar-refractivity contribution in [2.24, 2.45) is 35.3 Å². The Hall–Kier alpha value is -8.27. The number of hydrogen-bond acceptors (Lipinski definition) is 20. The summed E-state index contributed by atoms with van der Waals surface area (Å²) >= 11 is 5.15. The van der Waals surface area contributed by atoms with Gasteiger partial charge in [0.15, 0.2) is 11.6 Å². The van der Waals surface area contributed by atoms with Crippen LogP contribution in [-0.4, -0.2) is 197 Å². The number of rotatable bonds is 25. The van der Waals surface area contributed by atoms with Crippen LogP contribution >= 0.6 is 11.6 Å². The number of aromatic amines is 2. The van der Waals surface area contributed by atoms with Gasteiger partial charge in [-0.05, 0) is 55.2 Å². The number of H-pyrrole nitrogens is 2. The van der Waals surface area contributed by atoms with Crippen LogP contribution in [0.2, 0.25) is 0 Å². The molecular weight excluding hydrogens is 1470 g/mol. The summed E-state index contributed by atoms with van der Waals surface area (Å²) in [5, 5.41) is 46.5. The maximum absolute atomic E-state index is 12.4. The summed E-state index contributed by atoms with van der Waals surface area (Å²) in [7, 11) is 10.7. The lowest BCUT2D eigenvalue weighted by atomic mass is 10.0. The number of alkyl halides is 16. The number of aromatic nitrogens is 8. The standard InChI is InChI=1S/C13H15F3N2.C13H19N5.C7H12F3NO2.C7H10F3NO2.C6H13N5.C5H7F3O.C5H9NO2.C4H8ClNO2.C3H3F3O.CH4/c1-10(13(14,15)16)7-12(8-17)18-9-11-5-3-2-4-6-11;1-10(2)8-12(13-15-17-18-16-13)14-9-11-6-4-3-5-7-11;2*1-5(7(8,9)10)4-6(12)11(2)13-3;1-4(2)3-5(7)6-8-10-11-9-6;1-4(2-3-9)5(6,7)8;1-4-5(7)6(2)8-3;1-6(8-2)4(7)3-5;1-2(7)3(4,5)6;/h2-6,10,12,18H,7,9H2,1H3;3-7,10,12,14H,8-9H2,1-2H3,(H,15,16,17,18);5H,4H2,1-3H3;4H,1-3H3;4-5H,3,7H2,1-2H3,(H,8,9,10,11);3-4H,2H2,1H3;4H,1H2,2-3H3;3H2,1-2H3;1H3;1H4/b;;;5-4+;;;;;;. The second kappa shape index (κ2) is 57.9. The third kappa shape index (κ3) is 57.0. The fourth-order valence-electron chi connectivity index (χ4n) is 6.09. The SMILES string of the molecule is C.C=CC(=O)N(C)OC.CC(=O)C(F)(F)F.CC(C)CC(N)c1nn[nH]n1.CC(C)CC(NCc1ccccc1)c1nn[nH]n1.CC(CC(C#N)NCc1ccccc1)C(F)(F)F.CC(CC=O)C(F)(F)F.CON(C)C(=O)/C=C(\C)C(F)(F)F.CON(C)C(=O)CC(C)C(F)(F)F.CON(C)C(=O)CCl. The number of Topliss-reactive ketones (excluding diaryl/α,β-unsaturated/α-hetero) is 1. The van der Waals surface area contributed by atoms with E-state index in [9.17, 15) is 94.6 Å². The minimum absolute atomic E-state index is 0. The molecule has 4 aromatic rings. The molecule has 0 radical (unpaired) electrons. The Morgan fingerprint density at radius 1 is 0.594 bits per heavy atom. The number of nitrogens with one attached hydrogen (secondary N) is 4. The molecule has 26 nitrogen and oxygen atoms in total. The Labute approximate surface area is 612 Å². The molecule has 0 saturated heterocycles. The van der Waals surface area contributed by atoms with Crippen LogP contribution in [0.25, 0.3) is 0 Å². The fraction of sp³-hybridized carbons (Fsp3) is 0.609. The predicted molar refractivity (Wildman–Crippen MR) is 362 cm³/mol. The summed E-state index contributed by atoms with van der Waals surface area (Å²) in [6, 6.07) is 20.7. The topological polar surface area (TPSA) is 335 Å². The van der Waals surface area contributed by atoms with Crippen molar-refractivity contribution in [3.05, 3.63) is 108 Å². The number of amides is 4. The monoisotopic (exact) mass is 1570 g/mol. The number of halogens is 16. The summed E-state index contributed by atoms with van der Waals surface area (Å²) in [5.41, 5.74) is 7.00. The molecule has 4 rings (SSSR count). The van der Waals surface area contributed by atoms with Crippen LogP contribution < -0.4 is 16.4 Å². The second-order valence-electron chi connectivity index (χ2n) is 22.4. The Kier molecular flexibility index (Phi) is 59.4. The van der Waals surface area contributed by atoms with Gasteiger partial charge in [-0.3, -0.25) is 48.6 Å². The molecule has 0 aliphatic carbocycles. The van der Waals surface area contributed by atoms with Gasteiger partial charge in [0.1, 0.15) is 12.2 Å². The number of allylic oxidation sites excluding steroid dienone is 1. The number of carbonyl (C=O) groups is 6. The minimum atomic E-state index is -4.64. The highest BCUT2D eigenvalue weighted by Gasteiger charge is 2.39. The quantitative estimate of drug-likeness (QED) is 0.0135. The Bertz CT molecular complexity index is 3030.